The van der Waals surface area contributed by atoms with Gasteiger partial charge in [-0.05, 0) is 24.6 Å². The fourth-order valence-electron chi connectivity index (χ4n) is 1.45. The molecule has 0 bridgehead atoms. The van der Waals surface area contributed by atoms with E-state index in [9.17, 15) is 9.90 Å². The molecule has 0 aliphatic rings. The predicted octanol–water partition coefficient (Wildman–Crippen LogP) is 1.93. The number of halogens is 1. The summed E-state index contributed by atoms with van der Waals surface area (Å²) in [5.41, 5.74) is 0.209. The highest BCUT2D eigenvalue weighted by Gasteiger charge is 2.11. The number of hydrogen-bond acceptors (Lipinski definition) is 4. The second-order valence-electron chi connectivity index (χ2n) is 3.79. The maximum atomic E-state index is 11.8. The Bertz CT molecular complexity index is 412. The maximum Gasteiger partial charge on any atom is 0.255 e. The van der Waals surface area contributed by atoms with Gasteiger partial charge in [0.25, 0.3) is 5.91 Å². The molecule has 106 valence electrons. The number of aromatic hydroxyl groups is 1. The quantitative estimate of drug-likeness (QED) is 0.564. The van der Waals surface area contributed by atoms with Gasteiger partial charge in [0, 0.05) is 18.5 Å². The molecule has 5 nitrogen and oxygen atoms in total. The third-order valence-electron chi connectivity index (χ3n) is 2.42. The Balaban J connectivity index is 2.40. The first-order valence-electron chi connectivity index (χ1n) is 5.98. The van der Waals surface area contributed by atoms with Crippen molar-refractivity contribution in [3.05, 3.63) is 23.8 Å². The van der Waals surface area contributed by atoms with Gasteiger partial charge in [-0.2, -0.15) is 0 Å². The van der Waals surface area contributed by atoms with Crippen molar-refractivity contribution in [2.75, 3.05) is 32.2 Å². The summed E-state index contributed by atoms with van der Waals surface area (Å²) in [6, 6.07) is 4.54. The van der Waals surface area contributed by atoms with Crippen LogP contribution in [0.5, 0.6) is 11.5 Å². The van der Waals surface area contributed by atoms with Crippen LogP contribution in [0.15, 0.2) is 18.2 Å². The molecular weight excluding hydrogens is 314 g/mol. The van der Waals surface area contributed by atoms with E-state index in [1.54, 1.807) is 6.07 Å². The lowest BCUT2D eigenvalue weighted by molar-refractivity contribution is 0.0941. The summed E-state index contributed by atoms with van der Waals surface area (Å²) in [5.74, 6) is 0.148. The summed E-state index contributed by atoms with van der Waals surface area (Å²) in [6.45, 7) is 1.75. The molecule has 0 aliphatic carbocycles. The number of nitrogens with one attached hydrogen (secondary N) is 1. The highest BCUT2D eigenvalue weighted by Crippen LogP contribution is 2.22. The Hall–Kier alpha value is -1.27. The van der Waals surface area contributed by atoms with Crippen molar-refractivity contribution in [1.82, 2.24) is 5.32 Å². The molecule has 1 amide bonds. The molecule has 0 atom stereocenters. The zero-order valence-corrected chi connectivity index (χ0v) is 12.4. The van der Waals surface area contributed by atoms with Crippen molar-refractivity contribution in [2.24, 2.45) is 0 Å². The van der Waals surface area contributed by atoms with Crippen LogP contribution >= 0.6 is 15.9 Å². The number of carbonyl (C=O) groups excluding carboxylic acids is 1. The van der Waals surface area contributed by atoms with Crippen LogP contribution in [-0.2, 0) is 4.74 Å². The van der Waals surface area contributed by atoms with Crippen LogP contribution in [0.2, 0.25) is 0 Å². The fraction of sp³-hybridized carbons (Fsp3) is 0.462. The second kappa shape index (κ2) is 8.77. The number of phenolic OH excluding ortho intramolecular Hbond substituents is 1. The van der Waals surface area contributed by atoms with Crippen molar-refractivity contribution in [3.63, 3.8) is 0 Å². The van der Waals surface area contributed by atoms with Gasteiger partial charge in [-0.15, -0.1) is 0 Å². The first-order chi connectivity index (χ1) is 9.19. The lowest BCUT2D eigenvalue weighted by atomic mass is 10.1. The van der Waals surface area contributed by atoms with E-state index in [0.29, 0.717) is 25.5 Å². The molecule has 19 heavy (non-hydrogen) atoms. The van der Waals surface area contributed by atoms with Gasteiger partial charge in [-0.3, -0.25) is 4.79 Å². The van der Waals surface area contributed by atoms with E-state index in [1.165, 1.54) is 19.2 Å². The summed E-state index contributed by atoms with van der Waals surface area (Å²) < 4.78 is 10.3. The van der Waals surface area contributed by atoms with Gasteiger partial charge < -0.3 is 19.9 Å². The molecule has 0 heterocycles. The number of ether oxygens (including phenoxy) is 2. The highest BCUT2D eigenvalue weighted by molar-refractivity contribution is 9.09. The molecule has 0 fully saturated rings. The van der Waals surface area contributed by atoms with Crippen LogP contribution in [0.1, 0.15) is 16.8 Å². The molecule has 0 aromatic heterocycles. The van der Waals surface area contributed by atoms with Gasteiger partial charge in [0.1, 0.15) is 11.5 Å². The van der Waals surface area contributed by atoms with Crippen LogP contribution in [0.4, 0.5) is 0 Å². The predicted molar refractivity (Wildman–Crippen MR) is 76.2 cm³/mol. The van der Waals surface area contributed by atoms with Crippen LogP contribution in [-0.4, -0.2) is 43.2 Å². The van der Waals surface area contributed by atoms with Crippen molar-refractivity contribution in [3.8, 4) is 11.5 Å². The van der Waals surface area contributed by atoms with E-state index < -0.39 is 0 Å². The Kier molecular flexibility index (Phi) is 7.28. The van der Waals surface area contributed by atoms with Crippen LogP contribution in [0.3, 0.4) is 0 Å². The zero-order chi connectivity index (χ0) is 14.1. The first-order valence-corrected chi connectivity index (χ1v) is 7.10. The standard InChI is InChI=1S/C13H18BrNO4/c1-18-10-3-4-12(16)11(9-10)13(17)15-6-2-7-19-8-5-14/h3-4,9,16H,2,5-8H2,1H3,(H,15,17). The number of carbonyl (C=O) groups is 1. The Morgan fingerprint density at radius 3 is 2.89 bits per heavy atom. The lowest BCUT2D eigenvalue weighted by Gasteiger charge is -2.08. The molecule has 1 rings (SSSR count). The summed E-state index contributed by atoms with van der Waals surface area (Å²) in [7, 11) is 1.51. The van der Waals surface area contributed by atoms with E-state index in [1.807, 2.05) is 0 Å². The third kappa shape index (κ3) is 5.48. The van der Waals surface area contributed by atoms with E-state index in [-0.39, 0.29) is 17.2 Å². The molecule has 1 aromatic rings. The number of rotatable bonds is 8. The maximum absolute atomic E-state index is 11.8. The number of hydrogen-bond donors (Lipinski definition) is 2. The van der Waals surface area contributed by atoms with Crippen molar-refractivity contribution < 1.29 is 19.4 Å². The van der Waals surface area contributed by atoms with E-state index in [0.717, 1.165) is 11.8 Å². The average molecular weight is 332 g/mol. The average Bonchev–Trinajstić information content (AvgIpc) is 2.43. The zero-order valence-electron chi connectivity index (χ0n) is 10.8. The van der Waals surface area contributed by atoms with E-state index in [4.69, 9.17) is 9.47 Å². The Labute approximate surface area is 121 Å². The minimum Gasteiger partial charge on any atom is -0.507 e. The first kappa shape index (κ1) is 15.8. The Morgan fingerprint density at radius 2 is 2.21 bits per heavy atom. The van der Waals surface area contributed by atoms with Gasteiger partial charge in [-0.25, -0.2) is 0 Å². The van der Waals surface area contributed by atoms with Crippen molar-refractivity contribution in [2.45, 2.75) is 6.42 Å². The van der Waals surface area contributed by atoms with Crippen LogP contribution in [0.25, 0.3) is 0 Å². The molecule has 0 saturated heterocycles. The lowest BCUT2D eigenvalue weighted by Crippen LogP contribution is -2.25. The molecule has 0 aliphatic heterocycles. The second-order valence-corrected chi connectivity index (χ2v) is 4.59. The Morgan fingerprint density at radius 1 is 1.42 bits per heavy atom. The molecule has 0 radical (unpaired) electrons. The largest absolute Gasteiger partial charge is 0.507 e. The molecule has 1 aromatic carbocycles. The topological polar surface area (TPSA) is 67.8 Å². The minimum absolute atomic E-state index is 0.0613. The van der Waals surface area contributed by atoms with Crippen molar-refractivity contribution >= 4 is 21.8 Å². The van der Waals surface area contributed by atoms with Gasteiger partial charge >= 0.3 is 0 Å². The van der Waals surface area contributed by atoms with Gasteiger partial charge in [0.2, 0.25) is 0 Å². The number of amides is 1. The number of methoxy groups -OCH3 is 1. The van der Waals surface area contributed by atoms with E-state index in [2.05, 4.69) is 21.2 Å². The third-order valence-corrected chi connectivity index (χ3v) is 2.74. The highest BCUT2D eigenvalue weighted by atomic mass is 79.9. The smallest absolute Gasteiger partial charge is 0.255 e. The van der Waals surface area contributed by atoms with Crippen LogP contribution < -0.4 is 10.1 Å². The fourth-order valence-corrected chi connectivity index (χ4v) is 1.68. The number of phenols is 1. The minimum atomic E-state index is -0.322. The van der Waals surface area contributed by atoms with Crippen molar-refractivity contribution in [1.29, 1.82) is 0 Å². The summed E-state index contributed by atoms with van der Waals surface area (Å²) in [6.07, 6.45) is 0.726. The molecule has 0 unspecified atom stereocenters. The molecule has 2 N–H and O–H groups in total. The summed E-state index contributed by atoms with van der Waals surface area (Å²) in [5, 5.41) is 13.2. The molecule has 0 spiro atoms. The number of benzene rings is 1. The molecule has 6 heteroatoms. The van der Waals surface area contributed by atoms with E-state index >= 15 is 0 Å². The van der Waals surface area contributed by atoms with Gasteiger partial charge in [0.05, 0.1) is 19.3 Å². The molecular formula is C13H18BrNO4. The number of alkyl halides is 1. The normalized spacial score (nSPS) is 10.2. The SMILES string of the molecule is COc1ccc(O)c(C(=O)NCCCOCCBr)c1. The summed E-state index contributed by atoms with van der Waals surface area (Å²) in [4.78, 5) is 11.8. The summed E-state index contributed by atoms with van der Waals surface area (Å²) >= 11 is 3.26. The van der Waals surface area contributed by atoms with Crippen LogP contribution in [0, 0.1) is 0 Å². The molecule has 0 saturated carbocycles. The van der Waals surface area contributed by atoms with Gasteiger partial charge in [0.15, 0.2) is 0 Å². The van der Waals surface area contributed by atoms with Gasteiger partial charge in [-0.1, -0.05) is 15.9 Å². The monoisotopic (exact) mass is 331 g/mol.